The molecule has 25 heteroatoms. The van der Waals surface area contributed by atoms with Gasteiger partial charge in [0.05, 0.1) is 64.9 Å². The van der Waals surface area contributed by atoms with Gasteiger partial charge in [-0.15, -0.1) is 0 Å². The van der Waals surface area contributed by atoms with Crippen LogP contribution in [0.1, 0.15) is 101 Å². The van der Waals surface area contributed by atoms with Gasteiger partial charge in [-0.3, -0.25) is 33.6 Å². The van der Waals surface area contributed by atoms with Crippen molar-refractivity contribution >= 4 is 65.2 Å². The van der Waals surface area contributed by atoms with Crippen molar-refractivity contribution in [1.29, 1.82) is 0 Å². The molecule has 0 spiro atoms. The third-order valence-corrected chi connectivity index (χ3v) is 17.2. The first-order valence-electron chi connectivity index (χ1n) is 31.7. The number of hydrogen-bond donors (Lipinski definition) is 9. The van der Waals surface area contributed by atoms with Crippen molar-refractivity contribution in [3.63, 3.8) is 0 Å². The molecule has 3 heterocycles. The van der Waals surface area contributed by atoms with Crippen molar-refractivity contribution in [1.82, 2.24) is 52.8 Å². The zero-order chi connectivity index (χ0) is 64.3. The van der Waals surface area contributed by atoms with Crippen LogP contribution >= 0.6 is 11.8 Å². The van der Waals surface area contributed by atoms with Crippen LogP contribution in [0, 0.1) is 5.92 Å². The lowest BCUT2D eigenvalue weighted by atomic mass is 9.98. The second-order valence-corrected chi connectivity index (χ2v) is 24.3. The Kier molecular flexibility index (Phi) is 32.2. The average molecular weight is 1270 g/mol. The number of hydrogen-bond acceptors (Lipinski definition) is 15. The number of amides is 10. The molecule has 494 valence electrons. The second kappa shape index (κ2) is 40.4. The molecule has 3 fully saturated rings. The maximum atomic E-state index is 14.6. The first-order chi connectivity index (χ1) is 43.6. The fraction of sp³-hybridized carbons (Fsp3) is 0.585. The monoisotopic (exact) mass is 1270 g/mol. The number of ether oxygens (including phenoxy) is 5. The van der Waals surface area contributed by atoms with E-state index < -0.39 is 71.8 Å². The highest BCUT2D eigenvalue weighted by atomic mass is 32.2. The van der Waals surface area contributed by atoms with Crippen LogP contribution in [0.3, 0.4) is 0 Å². The van der Waals surface area contributed by atoms with E-state index in [1.54, 1.807) is 13.8 Å². The third-order valence-electron chi connectivity index (χ3n) is 15.7. The lowest BCUT2D eigenvalue weighted by Gasteiger charge is -2.33. The van der Waals surface area contributed by atoms with Crippen LogP contribution in [0.4, 0.5) is 9.59 Å². The van der Waals surface area contributed by atoms with E-state index in [-0.39, 0.29) is 94.9 Å². The van der Waals surface area contributed by atoms with Gasteiger partial charge in [0.2, 0.25) is 41.4 Å². The molecule has 0 unspecified atom stereocenters. The summed E-state index contributed by atoms with van der Waals surface area (Å²) < 4.78 is 27.6. The molecule has 3 saturated heterocycles. The molecule has 6 rings (SSSR count). The number of nitrogens with one attached hydrogen (secondary N) is 9. The summed E-state index contributed by atoms with van der Waals surface area (Å²) in [5, 5.41) is 26.4. The van der Waals surface area contributed by atoms with Gasteiger partial charge in [0.15, 0.2) is 0 Å². The predicted octanol–water partition coefficient (Wildman–Crippen LogP) is 3.59. The fourth-order valence-electron chi connectivity index (χ4n) is 10.6. The number of fused-ring (bicyclic) bond motifs is 1. The minimum atomic E-state index is -1.19. The quantitative estimate of drug-likeness (QED) is 0.0294. The van der Waals surface area contributed by atoms with Crippen molar-refractivity contribution in [3.8, 4) is 0 Å². The van der Waals surface area contributed by atoms with Crippen molar-refractivity contribution in [2.75, 3.05) is 85.3 Å². The van der Waals surface area contributed by atoms with E-state index in [0.29, 0.717) is 83.5 Å². The first-order valence-corrected chi connectivity index (χ1v) is 32.7. The van der Waals surface area contributed by atoms with Gasteiger partial charge >= 0.3 is 12.1 Å². The number of rotatable bonds is 37. The summed E-state index contributed by atoms with van der Waals surface area (Å²) in [4.78, 5) is 123. The molecule has 3 aromatic carbocycles. The van der Waals surface area contributed by atoms with E-state index in [9.17, 15) is 43.2 Å². The van der Waals surface area contributed by atoms with E-state index in [0.717, 1.165) is 41.7 Å². The molecule has 24 nitrogen and oxygen atoms in total. The summed E-state index contributed by atoms with van der Waals surface area (Å²) in [6.07, 6.45) is 4.57. The van der Waals surface area contributed by atoms with Crippen molar-refractivity contribution < 1.29 is 66.8 Å². The second-order valence-electron chi connectivity index (χ2n) is 23.0. The molecule has 0 aliphatic carbocycles. The minimum Gasteiger partial charge on any atom is -0.445 e. The summed E-state index contributed by atoms with van der Waals surface area (Å²) in [5.41, 5.74) is 2.32. The van der Waals surface area contributed by atoms with Crippen molar-refractivity contribution in [3.05, 3.63) is 108 Å². The van der Waals surface area contributed by atoms with E-state index in [2.05, 4.69) is 47.9 Å². The number of likely N-dealkylation sites (N-methyl/N-ethyl adjacent to an activating group) is 1. The molecule has 10 amide bonds. The molecule has 0 bridgehead atoms. The predicted molar refractivity (Wildman–Crippen MR) is 340 cm³/mol. The molecule has 3 aliphatic heterocycles. The van der Waals surface area contributed by atoms with E-state index in [1.807, 2.05) is 103 Å². The highest BCUT2D eigenvalue weighted by Gasteiger charge is 2.43. The van der Waals surface area contributed by atoms with Gasteiger partial charge in [0.1, 0.15) is 36.8 Å². The Morgan fingerprint density at radius 3 is 1.63 bits per heavy atom. The standard InChI is InChI=1S/C65H94N10O14S/c1-45(2)57-63(82)75(3)53(42-47-21-9-5-10-22-47)62(81)71-51(41-46-19-7-4-8-20-46)61(80)70-49(25-16-18-31-68-65(84)89-43-48-23-11-6-12-24-48)59(78)69-50(60(79)73-57)26-15-17-30-66-56(77)29-33-85-35-37-87-39-40-88-38-36-86-34-32-67-55(76)28-14-13-27-54-58-52(44-90-54)72-64(83)74-58/h4-12,19-24,45,49-54,57-58H,13-18,25-44H2,1-3H3,(H,66,77)(H,67,76)(H,68,84)(H,69,78)(H,70,80)(H,71,81)(H,73,79)(H2,72,74,83)/t49-,50-,51-,52-,53+,54-,57-,58-/m0/s1. The van der Waals surface area contributed by atoms with Gasteiger partial charge in [0, 0.05) is 63.4 Å². The van der Waals surface area contributed by atoms with Gasteiger partial charge in [-0.25, -0.2) is 9.59 Å². The minimum absolute atomic E-state index is 0.00281. The summed E-state index contributed by atoms with van der Waals surface area (Å²) in [5.74, 6) is -2.85. The zero-order valence-corrected chi connectivity index (χ0v) is 53.1. The van der Waals surface area contributed by atoms with Crippen LogP contribution in [0.25, 0.3) is 0 Å². The van der Waals surface area contributed by atoms with Gasteiger partial charge in [0.25, 0.3) is 0 Å². The topological polar surface area (TPSA) is 311 Å². The number of unbranched alkanes of at least 4 members (excludes halogenated alkanes) is 3. The van der Waals surface area contributed by atoms with Crippen molar-refractivity contribution in [2.45, 2.75) is 151 Å². The largest absolute Gasteiger partial charge is 0.445 e. The van der Waals surface area contributed by atoms with E-state index in [1.165, 1.54) is 11.9 Å². The molecule has 9 N–H and O–H groups in total. The van der Waals surface area contributed by atoms with Gasteiger partial charge in [-0.1, -0.05) is 111 Å². The molecule has 0 aromatic heterocycles. The average Bonchev–Trinajstić information content (AvgIpc) is 1.97. The Hall–Kier alpha value is -7.32. The number of nitrogens with zero attached hydrogens (tertiary/aromatic N) is 1. The number of benzene rings is 3. The van der Waals surface area contributed by atoms with Crippen LogP contribution in [0.2, 0.25) is 0 Å². The van der Waals surface area contributed by atoms with Gasteiger partial charge < -0.3 is 76.4 Å². The number of thioether (sulfide) groups is 1. The SMILES string of the molecule is CC(C)[C@@H]1NC(=O)[C@H](CCCCNC(=O)CCOCCOCCOCCOCCNC(=O)CCCC[C@@H]2SC[C@@H]3NC(=O)N[C@@H]32)NC(=O)[C@H](CCCCNC(=O)OCc2ccccc2)NC(=O)[C@H](Cc2ccccc2)NC(=O)[C@@H](Cc2ccccc2)N(C)C1=O. The fourth-order valence-corrected chi connectivity index (χ4v) is 12.1. The lowest BCUT2D eigenvalue weighted by Crippen LogP contribution is -2.59. The van der Waals surface area contributed by atoms with Crippen molar-refractivity contribution in [2.24, 2.45) is 5.92 Å². The van der Waals surface area contributed by atoms with Crippen LogP contribution in [-0.4, -0.2) is 191 Å². The normalized spacial score (nSPS) is 21.4. The molecule has 0 saturated carbocycles. The Bertz CT molecular complexity index is 2700. The van der Waals surface area contributed by atoms with E-state index in [4.69, 9.17) is 23.7 Å². The highest BCUT2D eigenvalue weighted by molar-refractivity contribution is 8.00. The number of urea groups is 1. The summed E-state index contributed by atoms with van der Waals surface area (Å²) in [7, 11) is 1.50. The third kappa shape index (κ3) is 26.3. The van der Waals surface area contributed by atoms with Crippen LogP contribution in [-0.2, 0) is 76.7 Å². The number of alkyl carbamates (subject to hydrolysis) is 1. The maximum Gasteiger partial charge on any atom is 0.407 e. The van der Waals surface area contributed by atoms with Crippen LogP contribution < -0.4 is 47.9 Å². The number of carbonyl (C=O) groups is 9. The molecule has 90 heavy (non-hydrogen) atoms. The maximum absolute atomic E-state index is 14.6. The smallest absolute Gasteiger partial charge is 0.407 e. The highest BCUT2D eigenvalue weighted by Crippen LogP contribution is 2.33. The Morgan fingerprint density at radius 1 is 0.522 bits per heavy atom. The van der Waals surface area contributed by atoms with E-state index >= 15 is 0 Å². The molecule has 0 radical (unpaired) electrons. The van der Waals surface area contributed by atoms with Crippen LogP contribution in [0.5, 0.6) is 0 Å². The summed E-state index contributed by atoms with van der Waals surface area (Å²) in [6.45, 7) is 7.14. The Morgan fingerprint density at radius 2 is 1.02 bits per heavy atom. The lowest BCUT2D eigenvalue weighted by molar-refractivity contribution is -0.143. The van der Waals surface area contributed by atoms with Crippen LogP contribution in [0.15, 0.2) is 91.0 Å². The Balaban J connectivity index is 0.929. The molecular weight excluding hydrogens is 1180 g/mol. The zero-order valence-electron chi connectivity index (χ0n) is 52.3. The first kappa shape index (κ1) is 71.8. The molecule has 3 aliphatic rings. The molecule has 3 aromatic rings. The molecular formula is C65H94N10O14S. The summed E-state index contributed by atoms with van der Waals surface area (Å²) >= 11 is 1.88. The number of carbonyl (C=O) groups excluding carboxylic acids is 9. The Labute approximate surface area is 533 Å². The molecule has 8 atom stereocenters. The van der Waals surface area contributed by atoms with Gasteiger partial charge in [-0.2, -0.15) is 11.8 Å². The summed E-state index contributed by atoms with van der Waals surface area (Å²) in [6, 6.07) is 22.0. The van der Waals surface area contributed by atoms with Gasteiger partial charge in [-0.05, 0) is 74.0 Å².